The van der Waals surface area contributed by atoms with E-state index in [2.05, 4.69) is 9.88 Å². The van der Waals surface area contributed by atoms with Crippen molar-refractivity contribution < 1.29 is 13.2 Å². The molecule has 0 aliphatic carbocycles. The van der Waals surface area contributed by atoms with Gasteiger partial charge >= 0.3 is 0 Å². The molecule has 132 valence electrons. The largest absolute Gasteiger partial charge is 0.465 e. The molecule has 0 saturated heterocycles. The number of halogens is 2. The van der Waals surface area contributed by atoms with E-state index < -0.39 is 11.6 Å². The van der Waals surface area contributed by atoms with Crippen molar-refractivity contribution in [1.82, 2.24) is 14.5 Å². The second-order valence-electron chi connectivity index (χ2n) is 6.13. The molecule has 0 spiro atoms. The van der Waals surface area contributed by atoms with Crippen molar-refractivity contribution in [3.8, 4) is 0 Å². The van der Waals surface area contributed by atoms with E-state index in [4.69, 9.17) is 4.42 Å². The van der Waals surface area contributed by atoms with Gasteiger partial charge in [-0.2, -0.15) is 0 Å². The molecular weight excluding hydrogens is 324 g/mol. The van der Waals surface area contributed by atoms with Gasteiger partial charge in [0.05, 0.1) is 12.9 Å². The summed E-state index contributed by atoms with van der Waals surface area (Å²) in [5, 5.41) is 0. The predicted molar refractivity (Wildman–Crippen MR) is 90.8 cm³/mol. The zero-order valence-corrected chi connectivity index (χ0v) is 14.2. The standard InChI is InChI=1S/C19H21F2N3O/c1-15-3-5-17(25-15)13-24(9-2-8-23-10-7-22-14-23)12-16-4-6-18(20)19(21)11-16/h3-7,10-11,14H,2,8-9,12-13H2,1H3. The monoisotopic (exact) mass is 345 g/mol. The fourth-order valence-electron chi connectivity index (χ4n) is 2.80. The molecular formula is C19H21F2N3O. The van der Waals surface area contributed by atoms with Crippen molar-refractivity contribution in [2.75, 3.05) is 6.54 Å². The maximum atomic E-state index is 13.5. The summed E-state index contributed by atoms with van der Waals surface area (Å²) in [6, 6.07) is 7.92. The first kappa shape index (κ1) is 17.4. The van der Waals surface area contributed by atoms with E-state index in [1.807, 2.05) is 29.8 Å². The second kappa shape index (κ2) is 8.07. The molecule has 3 rings (SSSR count). The Labute approximate surface area is 145 Å². The van der Waals surface area contributed by atoms with Gasteiger partial charge in [-0.3, -0.25) is 4.90 Å². The van der Waals surface area contributed by atoms with Crippen LogP contribution in [-0.4, -0.2) is 21.0 Å². The van der Waals surface area contributed by atoms with Crippen molar-refractivity contribution in [3.63, 3.8) is 0 Å². The molecule has 1 aromatic carbocycles. The first-order valence-corrected chi connectivity index (χ1v) is 8.27. The van der Waals surface area contributed by atoms with E-state index in [-0.39, 0.29) is 0 Å². The highest BCUT2D eigenvalue weighted by molar-refractivity contribution is 5.18. The van der Waals surface area contributed by atoms with Crippen LogP contribution in [0.2, 0.25) is 0 Å². The Morgan fingerprint density at radius 3 is 2.68 bits per heavy atom. The minimum Gasteiger partial charge on any atom is -0.465 e. The highest BCUT2D eigenvalue weighted by Crippen LogP contribution is 2.15. The Hall–Kier alpha value is -2.47. The number of imidazole rings is 1. The minimum atomic E-state index is -0.822. The van der Waals surface area contributed by atoms with Gasteiger partial charge < -0.3 is 8.98 Å². The molecule has 0 aliphatic rings. The molecule has 0 fully saturated rings. The minimum absolute atomic E-state index is 0.529. The number of aryl methyl sites for hydroxylation is 2. The number of hydrogen-bond acceptors (Lipinski definition) is 3. The van der Waals surface area contributed by atoms with Gasteiger partial charge in [-0.1, -0.05) is 6.07 Å². The van der Waals surface area contributed by atoms with Gasteiger partial charge in [-0.25, -0.2) is 13.8 Å². The Bertz CT molecular complexity index is 799. The summed E-state index contributed by atoms with van der Waals surface area (Å²) in [4.78, 5) is 6.20. The van der Waals surface area contributed by atoms with Crippen LogP contribution in [-0.2, 0) is 19.6 Å². The van der Waals surface area contributed by atoms with Crippen LogP contribution in [0.4, 0.5) is 8.78 Å². The third-order valence-corrected chi connectivity index (χ3v) is 4.02. The number of furan rings is 1. The molecule has 0 saturated carbocycles. The second-order valence-corrected chi connectivity index (χ2v) is 6.13. The quantitative estimate of drug-likeness (QED) is 0.615. The Balaban J connectivity index is 1.65. The molecule has 6 heteroatoms. The average molecular weight is 345 g/mol. The van der Waals surface area contributed by atoms with Gasteiger partial charge in [-0.05, 0) is 43.2 Å². The van der Waals surface area contributed by atoms with E-state index in [0.717, 1.165) is 36.6 Å². The first-order chi connectivity index (χ1) is 12.1. The highest BCUT2D eigenvalue weighted by Gasteiger charge is 2.11. The molecule has 2 heterocycles. The molecule has 25 heavy (non-hydrogen) atoms. The van der Waals surface area contributed by atoms with Crippen LogP contribution in [0, 0.1) is 18.6 Å². The summed E-state index contributed by atoms with van der Waals surface area (Å²) in [6.45, 7) is 4.71. The predicted octanol–water partition coefficient (Wildman–Crippen LogP) is 4.16. The fourth-order valence-corrected chi connectivity index (χ4v) is 2.80. The number of rotatable bonds is 8. The van der Waals surface area contributed by atoms with Crippen LogP contribution >= 0.6 is 0 Å². The van der Waals surface area contributed by atoms with E-state index in [0.29, 0.717) is 13.1 Å². The van der Waals surface area contributed by atoms with Crippen LogP contribution in [0.25, 0.3) is 0 Å². The molecule has 0 aliphatic heterocycles. The smallest absolute Gasteiger partial charge is 0.159 e. The molecule has 0 radical (unpaired) electrons. The van der Waals surface area contributed by atoms with Crippen LogP contribution in [0.1, 0.15) is 23.5 Å². The maximum absolute atomic E-state index is 13.5. The Kier molecular flexibility index (Phi) is 5.60. The zero-order chi connectivity index (χ0) is 17.6. The maximum Gasteiger partial charge on any atom is 0.159 e. The third kappa shape index (κ3) is 5.00. The van der Waals surface area contributed by atoms with Gasteiger partial charge in [0.2, 0.25) is 0 Å². The van der Waals surface area contributed by atoms with Gasteiger partial charge in [0.1, 0.15) is 11.5 Å². The molecule has 0 N–H and O–H groups in total. The van der Waals surface area contributed by atoms with Crippen LogP contribution in [0.3, 0.4) is 0 Å². The average Bonchev–Trinajstić information content (AvgIpc) is 3.23. The Morgan fingerprint density at radius 1 is 1.12 bits per heavy atom. The lowest BCUT2D eigenvalue weighted by molar-refractivity contribution is 0.227. The topological polar surface area (TPSA) is 34.2 Å². The molecule has 3 aromatic rings. The molecule has 0 atom stereocenters. The van der Waals surface area contributed by atoms with Gasteiger partial charge in [0, 0.05) is 32.0 Å². The summed E-state index contributed by atoms with van der Waals surface area (Å²) < 4.78 is 34.3. The van der Waals surface area contributed by atoms with Gasteiger partial charge in [-0.15, -0.1) is 0 Å². The summed E-state index contributed by atoms with van der Waals surface area (Å²) in [7, 11) is 0. The van der Waals surface area contributed by atoms with Crippen molar-refractivity contribution in [2.24, 2.45) is 0 Å². The first-order valence-electron chi connectivity index (χ1n) is 8.27. The lowest BCUT2D eigenvalue weighted by atomic mass is 10.2. The summed E-state index contributed by atoms with van der Waals surface area (Å²) in [5.74, 6) is 0.0886. The fraction of sp³-hybridized carbons (Fsp3) is 0.316. The van der Waals surface area contributed by atoms with Crippen molar-refractivity contribution in [1.29, 1.82) is 0 Å². The number of nitrogens with zero attached hydrogens (tertiary/aromatic N) is 3. The molecule has 0 bridgehead atoms. The molecule has 2 aromatic heterocycles. The summed E-state index contributed by atoms with van der Waals surface area (Å²) in [6.07, 6.45) is 6.38. The number of benzene rings is 1. The van der Waals surface area contributed by atoms with Crippen LogP contribution in [0.15, 0.2) is 53.5 Å². The van der Waals surface area contributed by atoms with Crippen LogP contribution in [0.5, 0.6) is 0 Å². The van der Waals surface area contributed by atoms with E-state index in [1.165, 1.54) is 12.1 Å². The van der Waals surface area contributed by atoms with E-state index in [1.54, 1.807) is 18.6 Å². The highest BCUT2D eigenvalue weighted by atomic mass is 19.2. The SMILES string of the molecule is Cc1ccc(CN(CCCn2ccnc2)Cc2ccc(F)c(F)c2)o1. The number of aromatic nitrogens is 2. The third-order valence-electron chi connectivity index (χ3n) is 4.02. The van der Waals surface area contributed by atoms with Gasteiger partial charge in [0.25, 0.3) is 0 Å². The van der Waals surface area contributed by atoms with Crippen molar-refractivity contribution in [3.05, 3.63) is 77.8 Å². The van der Waals surface area contributed by atoms with Crippen molar-refractivity contribution >= 4 is 0 Å². The lowest BCUT2D eigenvalue weighted by Crippen LogP contribution is -2.24. The molecule has 4 nitrogen and oxygen atoms in total. The van der Waals surface area contributed by atoms with E-state index in [9.17, 15) is 8.78 Å². The molecule has 0 amide bonds. The van der Waals surface area contributed by atoms with Crippen molar-refractivity contribution in [2.45, 2.75) is 33.0 Å². The Morgan fingerprint density at radius 2 is 2.00 bits per heavy atom. The summed E-state index contributed by atoms with van der Waals surface area (Å²) >= 11 is 0. The molecule has 0 unspecified atom stereocenters. The van der Waals surface area contributed by atoms with Crippen LogP contribution < -0.4 is 0 Å². The summed E-state index contributed by atoms with van der Waals surface area (Å²) in [5.41, 5.74) is 0.741. The number of hydrogen-bond donors (Lipinski definition) is 0. The normalized spacial score (nSPS) is 11.4. The lowest BCUT2D eigenvalue weighted by Gasteiger charge is -2.21. The zero-order valence-electron chi connectivity index (χ0n) is 14.2. The van der Waals surface area contributed by atoms with Gasteiger partial charge in [0.15, 0.2) is 11.6 Å². The van der Waals surface area contributed by atoms with E-state index >= 15 is 0 Å².